The van der Waals surface area contributed by atoms with Gasteiger partial charge in [-0.1, -0.05) is 0 Å². The smallest absolute Gasteiger partial charge is 0.481 e. The third-order valence-corrected chi connectivity index (χ3v) is 1.57. The summed E-state index contributed by atoms with van der Waals surface area (Å²) in [6.07, 6.45) is -5.60. The molecule has 0 radical (unpaired) electrons. The van der Waals surface area contributed by atoms with Gasteiger partial charge in [0.15, 0.2) is 12.0 Å². The Morgan fingerprint density at radius 3 is 2.54 bits per heavy atom. The number of carbonyl (C=O) groups excluding carboxylic acids is 1. The fourth-order valence-corrected chi connectivity index (χ4v) is 0.948. The van der Waals surface area contributed by atoms with Gasteiger partial charge in [-0.15, -0.1) is 0 Å². The standard InChI is InChI=1S/C6H6F2O5/c7-4(8)3(5(9)10)2-1-12-6(11)13-2/h2-4H,1H2,(H,9,10). The third kappa shape index (κ3) is 2.04. The average Bonchev–Trinajstić information content (AvgIpc) is 2.34. The summed E-state index contributed by atoms with van der Waals surface area (Å²) in [5.74, 6) is -3.73. The number of rotatable bonds is 3. The van der Waals surface area contributed by atoms with Crippen molar-refractivity contribution in [3.05, 3.63) is 0 Å². The highest BCUT2D eigenvalue weighted by molar-refractivity contribution is 5.72. The lowest BCUT2D eigenvalue weighted by Crippen LogP contribution is -2.35. The van der Waals surface area contributed by atoms with Gasteiger partial charge in [0, 0.05) is 0 Å². The van der Waals surface area contributed by atoms with E-state index in [-0.39, 0.29) is 0 Å². The molecule has 13 heavy (non-hydrogen) atoms. The van der Waals surface area contributed by atoms with Gasteiger partial charge in [-0.2, -0.15) is 0 Å². The van der Waals surface area contributed by atoms with Crippen molar-refractivity contribution in [2.24, 2.45) is 5.92 Å². The first-order chi connectivity index (χ1) is 6.02. The molecule has 1 aliphatic rings. The third-order valence-electron chi connectivity index (χ3n) is 1.57. The summed E-state index contributed by atoms with van der Waals surface area (Å²) >= 11 is 0. The van der Waals surface area contributed by atoms with Crippen molar-refractivity contribution in [1.82, 2.24) is 0 Å². The lowest BCUT2D eigenvalue weighted by atomic mass is 10.0. The average molecular weight is 196 g/mol. The zero-order valence-electron chi connectivity index (χ0n) is 6.28. The monoisotopic (exact) mass is 196 g/mol. The molecule has 0 aromatic carbocycles. The van der Waals surface area contributed by atoms with Crippen molar-refractivity contribution in [2.75, 3.05) is 6.61 Å². The summed E-state index contributed by atoms with van der Waals surface area (Å²) in [4.78, 5) is 20.6. The van der Waals surface area contributed by atoms with Gasteiger partial charge in [-0.3, -0.25) is 4.79 Å². The fourth-order valence-electron chi connectivity index (χ4n) is 0.948. The molecule has 0 bridgehead atoms. The second-order valence-corrected chi connectivity index (χ2v) is 2.42. The Kier molecular flexibility index (Phi) is 2.64. The molecule has 0 aromatic rings. The maximum Gasteiger partial charge on any atom is 0.508 e. The number of carboxylic acid groups (broad SMARTS) is 1. The van der Waals surface area contributed by atoms with E-state index in [4.69, 9.17) is 5.11 Å². The van der Waals surface area contributed by atoms with Crippen LogP contribution in [0.5, 0.6) is 0 Å². The Morgan fingerprint density at radius 1 is 1.62 bits per heavy atom. The predicted molar refractivity (Wildman–Crippen MR) is 33.4 cm³/mol. The number of carbonyl (C=O) groups is 2. The first-order valence-corrected chi connectivity index (χ1v) is 3.36. The molecule has 1 N–H and O–H groups in total. The number of hydrogen-bond acceptors (Lipinski definition) is 4. The number of halogens is 2. The highest BCUT2D eigenvalue weighted by Crippen LogP contribution is 2.22. The summed E-state index contributed by atoms with van der Waals surface area (Å²) < 4.78 is 32.6. The molecule has 7 heteroatoms. The Morgan fingerprint density at radius 2 is 2.23 bits per heavy atom. The van der Waals surface area contributed by atoms with Crippen LogP contribution in [0.25, 0.3) is 0 Å². The van der Waals surface area contributed by atoms with Crippen LogP contribution in [0.3, 0.4) is 0 Å². The van der Waals surface area contributed by atoms with Crippen LogP contribution in [0.4, 0.5) is 13.6 Å². The molecule has 5 nitrogen and oxygen atoms in total. The molecular formula is C6H6F2O5. The van der Waals surface area contributed by atoms with E-state index in [0.717, 1.165) is 0 Å². The number of cyclic esters (lactones) is 2. The zero-order chi connectivity index (χ0) is 10.0. The van der Waals surface area contributed by atoms with E-state index in [1.807, 2.05) is 0 Å². The molecule has 1 fully saturated rings. The van der Waals surface area contributed by atoms with E-state index >= 15 is 0 Å². The van der Waals surface area contributed by atoms with Crippen LogP contribution in [0.15, 0.2) is 0 Å². The second kappa shape index (κ2) is 3.55. The van der Waals surface area contributed by atoms with Crippen LogP contribution < -0.4 is 0 Å². The second-order valence-electron chi connectivity index (χ2n) is 2.42. The molecule has 0 spiro atoms. The van der Waals surface area contributed by atoms with E-state index in [1.54, 1.807) is 0 Å². The molecule has 1 aliphatic heterocycles. The Bertz CT molecular complexity index is 229. The van der Waals surface area contributed by atoms with Crippen molar-refractivity contribution in [2.45, 2.75) is 12.5 Å². The van der Waals surface area contributed by atoms with Gasteiger partial charge >= 0.3 is 12.1 Å². The van der Waals surface area contributed by atoms with E-state index in [1.165, 1.54) is 0 Å². The molecule has 0 amide bonds. The van der Waals surface area contributed by atoms with Crippen molar-refractivity contribution in [3.8, 4) is 0 Å². The SMILES string of the molecule is O=C1OCC(C(C(=O)O)C(F)F)O1. The zero-order valence-corrected chi connectivity index (χ0v) is 6.28. The number of carboxylic acids is 1. The minimum Gasteiger partial charge on any atom is -0.481 e. The summed E-state index contributed by atoms with van der Waals surface area (Å²) in [5, 5.41) is 8.36. The van der Waals surface area contributed by atoms with Gasteiger partial charge in [0.1, 0.15) is 6.61 Å². The van der Waals surface area contributed by atoms with Gasteiger partial charge < -0.3 is 14.6 Å². The van der Waals surface area contributed by atoms with Crippen LogP contribution in [0.1, 0.15) is 0 Å². The van der Waals surface area contributed by atoms with E-state index < -0.39 is 37.2 Å². The lowest BCUT2D eigenvalue weighted by Gasteiger charge is -2.14. The quantitative estimate of drug-likeness (QED) is 0.665. The highest BCUT2D eigenvalue weighted by atomic mass is 19.3. The summed E-state index contributed by atoms with van der Waals surface area (Å²) in [6, 6.07) is 0. The van der Waals surface area contributed by atoms with Crippen LogP contribution in [-0.4, -0.2) is 36.4 Å². The van der Waals surface area contributed by atoms with Crippen molar-refractivity contribution in [3.63, 3.8) is 0 Å². The molecule has 1 rings (SSSR count). The molecule has 2 unspecified atom stereocenters. The molecule has 2 atom stereocenters. The van der Waals surface area contributed by atoms with Crippen molar-refractivity contribution < 1.29 is 33.0 Å². The lowest BCUT2D eigenvalue weighted by molar-refractivity contribution is -0.152. The van der Waals surface area contributed by atoms with Gasteiger partial charge in [-0.25, -0.2) is 13.6 Å². The van der Waals surface area contributed by atoms with Gasteiger partial charge in [0.25, 0.3) is 6.43 Å². The van der Waals surface area contributed by atoms with Crippen LogP contribution in [0.2, 0.25) is 0 Å². The van der Waals surface area contributed by atoms with Crippen LogP contribution >= 0.6 is 0 Å². The minimum atomic E-state index is -3.09. The van der Waals surface area contributed by atoms with Gasteiger partial charge in [0.05, 0.1) is 0 Å². The Hall–Kier alpha value is -1.40. The molecule has 1 heterocycles. The largest absolute Gasteiger partial charge is 0.508 e. The number of aliphatic carboxylic acids is 1. The molecule has 74 valence electrons. The molecule has 0 aromatic heterocycles. The van der Waals surface area contributed by atoms with E-state index in [9.17, 15) is 18.4 Å². The molecule has 0 aliphatic carbocycles. The number of ether oxygens (including phenoxy) is 2. The van der Waals surface area contributed by atoms with Crippen molar-refractivity contribution in [1.29, 1.82) is 0 Å². The van der Waals surface area contributed by atoms with E-state index in [2.05, 4.69) is 9.47 Å². The summed E-state index contributed by atoms with van der Waals surface area (Å²) in [6.45, 7) is -0.444. The van der Waals surface area contributed by atoms with Gasteiger partial charge in [0.2, 0.25) is 0 Å². The molecular weight excluding hydrogens is 190 g/mol. The first-order valence-electron chi connectivity index (χ1n) is 3.36. The molecule has 1 saturated heterocycles. The summed E-state index contributed by atoms with van der Waals surface area (Å²) in [7, 11) is 0. The summed E-state index contributed by atoms with van der Waals surface area (Å²) in [5.41, 5.74) is 0. The Balaban J connectivity index is 2.65. The van der Waals surface area contributed by atoms with Crippen LogP contribution in [-0.2, 0) is 14.3 Å². The number of alkyl halides is 2. The topological polar surface area (TPSA) is 72.8 Å². The normalized spacial score (nSPS) is 23.9. The van der Waals surface area contributed by atoms with Crippen molar-refractivity contribution >= 4 is 12.1 Å². The first kappa shape index (κ1) is 9.69. The Labute approximate surface area is 71.2 Å². The highest BCUT2D eigenvalue weighted by Gasteiger charge is 2.43. The fraction of sp³-hybridized carbons (Fsp3) is 0.667. The van der Waals surface area contributed by atoms with Crippen LogP contribution in [0, 0.1) is 5.92 Å². The predicted octanol–water partition coefficient (Wildman–Crippen LogP) is 0.488. The van der Waals surface area contributed by atoms with Gasteiger partial charge in [-0.05, 0) is 0 Å². The molecule has 0 saturated carbocycles. The minimum absolute atomic E-state index is 0.444. The van der Waals surface area contributed by atoms with E-state index in [0.29, 0.717) is 0 Å². The number of hydrogen-bond donors (Lipinski definition) is 1. The maximum absolute atomic E-state index is 12.1. The maximum atomic E-state index is 12.1.